The second-order valence-electron chi connectivity index (χ2n) is 6.28. The Labute approximate surface area is 158 Å². The molecule has 2 unspecified atom stereocenters. The van der Waals surface area contributed by atoms with Crippen LogP contribution in [0.5, 0.6) is 5.75 Å². The molecule has 0 aromatic heterocycles. The average Bonchev–Trinajstić information content (AvgIpc) is 2.68. The number of nitro groups is 1. The second-order valence-corrected chi connectivity index (χ2v) is 6.28. The summed E-state index contributed by atoms with van der Waals surface area (Å²) in [4.78, 5) is 24.9. The van der Waals surface area contributed by atoms with E-state index in [-0.39, 0.29) is 23.6 Å². The van der Waals surface area contributed by atoms with Gasteiger partial charge in [-0.1, -0.05) is 25.1 Å². The van der Waals surface area contributed by atoms with E-state index in [0.717, 1.165) is 6.42 Å². The van der Waals surface area contributed by atoms with E-state index in [1.807, 2.05) is 6.92 Å². The fraction of sp³-hybridized carbons (Fsp3) is 0.350. The van der Waals surface area contributed by atoms with Crippen molar-refractivity contribution in [3.63, 3.8) is 0 Å². The van der Waals surface area contributed by atoms with E-state index in [2.05, 4.69) is 12.8 Å². The van der Waals surface area contributed by atoms with E-state index in [4.69, 9.17) is 9.47 Å². The van der Waals surface area contributed by atoms with E-state index >= 15 is 0 Å². The summed E-state index contributed by atoms with van der Waals surface area (Å²) in [5.74, 6) is 0.682. The van der Waals surface area contributed by atoms with Crippen LogP contribution in [0.25, 0.3) is 0 Å². The van der Waals surface area contributed by atoms with E-state index in [1.54, 1.807) is 41.3 Å². The predicted molar refractivity (Wildman–Crippen MR) is 97.7 cm³/mol. The molecule has 27 heavy (non-hydrogen) atoms. The second kappa shape index (κ2) is 8.70. The largest absolute Gasteiger partial charge is 0.483 e. The molecule has 1 amide bonds. The molecule has 1 saturated heterocycles. The number of benzene rings is 1. The van der Waals surface area contributed by atoms with Crippen molar-refractivity contribution in [2.75, 3.05) is 6.54 Å². The summed E-state index contributed by atoms with van der Waals surface area (Å²) in [5, 5.41) is 11.2. The van der Waals surface area contributed by atoms with Gasteiger partial charge < -0.3 is 14.4 Å². The zero-order valence-electron chi connectivity index (χ0n) is 15.0. The maximum Gasteiger partial charge on any atom is 0.415 e. The van der Waals surface area contributed by atoms with Gasteiger partial charge in [-0.25, -0.2) is 4.79 Å². The van der Waals surface area contributed by atoms with E-state index in [1.165, 1.54) is 6.07 Å². The van der Waals surface area contributed by atoms with Crippen LogP contribution in [0.4, 0.5) is 10.5 Å². The molecule has 2 atom stereocenters. The Bertz CT molecular complexity index is 758. The first-order valence-electron chi connectivity index (χ1n) is 8.84. The number of allylic oxidation sites excluding steroid dienone is 3. The molecule has 1 aliphatic heterocycles. The number of piperidine rings is 1. The van der Waals surface area contributed by atoms with Gasteiger partial charge in [0.15, 0.2) is 5.75 Å². The fourth-order valence-corrected chi connectivity index (χ4v) is 3.19. The van der Waals surface area contributed by atoms with Crippen molar-refractivity contribution in [3.05, 3.63) is 71.2 Å². The number of ether oxygens (including phenoxy) is 2. The van der Waals surface area contributed by atoms with Gasteiger partial charge in [0, 0.05) is 44.3 Å². The number of nitro benzene ring substituents is 1. The molecular formula is C20H20N2O5. The molecule has 0 N–H and O–H groups in total. The number of hydrogen-bond acceptors (Lipinski definition) is 5. The Kier molecular flexibility index (Phi) is 6.11. The molecule has 1 aromatic rings. The number of amides is 1. The lowest BCUT2D eigenvalue weighted by atomic mass is 9.97. The summed E-state index contributed by atoms with van der Waals surface area (Å²) in [6.45, 7) is 2.45. The van der Waals surface area contributed by atoms with Crippen LogP contribution in [0, 0.1) is 23.0 Å². The zero-order valence-corrected chi connectivity index (χ0v) is 15.0. The summed E-state index contributed by atoms with van der Waals surface area (Å²) in [6, 6.07) is 6.28. The summed E-state index contributed by atoms with van der Waals surface area (Å²) in [7, 11) is 0. The fourth-order valence-electron chi connectivity index (χ4n) is 3.19. The Morgan fingerprint density at radius 3 is 2.89 bits per heavy atom. The maximum absolute atomic E-state index is 12.5. The zero-order chi connectivity index (χ0) is 19.2. The minimum atomic E-state index is -0.451. The Balaban J connectivity index is 1.63. The van der Waals surface area contributed by atoms with Gasteiger partial charge in [-0.15, -0.1) is 0 Å². The third kappa shape index (κ3) is 4.67. The minimum absolute atomic E-state index is 0.0514. The monoisotopic (exact) mass is 368 g/mol. The quantitative estimate of drug-likeness (QED) is 0.580. The molecule has 1 aliphatic carbocycles. The first-order valence-corrected chi connectivity index (χ1v) is 8.84. The molecule has 1 fully saturated rings. The van der Waals surface area contributed by atoms with Crippen molar-refractivity contribution in [1.82, 2.24) is 4.90 Å². The summed E-state index contributed by atoms with van der Waals surface area (Å²) in [6.07, 6.45) is 11.6. The van der Waals surface area contributed by atoms with Crippen molar-refractivity contribution in [1.29, 1.82) is 0 Å². The molecule has 1 aromatic carbocycles. The molecule has 0 saturated carbocycles. The van der Waals surface area contributed by atoms with Crippen molar-refractivity contribution in [3.8, 4) is 5.75 Å². The summed E-state index contributed by atoms with van der Waals surface area (Å²) < 4.78 is 11.3. The Morgan fingerprint density at radius 2 is 2.19 bits per heavy atom. The van der Waals surface area contributed by atoms with Gasteiger partial charge in [-0.05, 0) is 24.6 Å². The molecule has 7 heteroatoms. The molecular weight excluding hydrogens is 348 g/mol. The number of para-hydroxylation sites is 2. The molecule has 2 aliphatic rings. The van der Waals surface area contributed by atoms with Gasteiger partial charge in [-0.2, -0.15) is 0 Å². The molecule has 1 heterocycles. The number of rotatable bonds is 5. The number of likely N-dealkylation sites (tertiary alicyclic amines) is 1. The van der Waals surface area contributed by atoms with Gasteiger partial charge in [0.1, 0.15) is 11.9 Å². The lowest BCUT2D eigenvalue weighted by Gasteiger charge is -2.38. The van der Waals surface area contributed by atoms with Crippen molar-refractivity contribution < 1.29 is 19.2 Å². The van der Waals surface area contributed by atoms with Crippen molar-refractivity contribution in [2.45, 2.75) is 38.3 Å². The Morgan fingerprint density at radius 1 is 1.37 bits per heavy atom. The lowest BCUT2D eigenvalue weighted by Crippen LogP contribution is -2.48. The standard InChI is InChI=1S/C20H20N2O5/c1-2-15-14-17(26-19-11-7-6-10-18(19)22(24)25)12-13-21(15)20(23)27-16-8-4-3-5-9-16/h4,6-11,15,17H,2,12-14H2,1H3. The molecule has 3 rings (SSSR count). The van der Waals surface area contributed by atoms with Crippen LogP contribution in [-0.2, 0) is 4.74 Å². The highest BCUT2D eigenvalue weighted by molar-refractivity contribution is 5.70. The van der Waals surface area contributed by atoms with E-state index < -0.39 is 11.0 Å². The van der Waals surface area contributed by atoms with Crippen LogP contribution in [0.1, 0.15) is 26.2 Å². The van der Waals surface area contributed by atoms with Gasteiger partial charge in [0.25, 0.3) is 0 Å². The summed E-state index contributed by atoms with van der Waals surface area (Å²) in [5.41, 5.74) is -0.0514. The normalized spacial score (nSPS) is 22.1. The maximum atomic E-state index is 12.5. The topological polar surface area (TPSA) is 81.9 Å². The SMILES string of the molecule is CCC1CC(Oc2ccccc2[N+](=O)[O-])CCN1C(=O)OC1=C[C][C]C=C1. The van der Waals surface area contributed by atoms with Crippen LogP contribution >= 0.6 is 0 Å². The highest BCUT2D eigenvalue weighted by Crippen LogP contribution is 2.31. The average molecular weight is 368 g/mol. The lowest BCUT2D eigenvalue weighted by molar-refractivity contribution is -0.386. The molecule has 4 radical (unpaired) electrons. The molecule has 140 valence electrons. The van der Waals surface area contributed by atoms with Gasteiger partial charge in [0.05, 0.1) is 4.92 Å². The molecule has 0 spiro atoms. The number of carbonyl (C=O) groups is 1. The summed E-state index contributed by atoms with van der Waals surface area (Å²) >= 11 is 0. The molecule has 0 bridgehead atoms. The minimum Gasteiger partial charge on any atom is -0.483 e. The number of hydrogen-bond donors (Lipinski definition) is 0. The van der Waals surface area contributed by atoms with Crippen LogP contribution in [0.3, 0.4) is 0 Å². The van der Waals surface area contributed by atoms with Crippen LogP contribution < -0.4 is 4.74 Å². The van der Waals surface area contributed by atoms with Crippen molar-refractivity contribution >= 4 is 11.8 Å². The van der Waals surface area contributed by atoms with Crippen LogP contribution in [0.2, 0.25) is 0 Å². The number of nitrogens with zero attached hydrogens (tertiary/aromatic N) is 2. The van der Waals surface area contributed by atoms with Gasteiger partial charge >= 0.3 is 11.8 Å². The van der Waals surface area contributed by atoms with E-state index in [9.17, 15) is 14.9 Å². The first-order chi connectivity index (χ1) is 13.1. The van der Waals surface area contributed by atoms with Crippen LogP contribution in [-0.4, -0.2) is 34.6 Å². The van der Waals surface area contributed by atoms with Gasteiger partial charge in [-0.3, -0.25) is 10.1 Å². The van der Waals surface area contributed by atoms with Gasteiger partial charge in [0.2, 0.25) is 0 Å². The highest BCUT2D eigenvalue weighted by atomic mass is 16.6. The third-order valence-electron chi connectivity index (χ3n) is 4.56. The third-order valence-corrected chi connectivity index (χ3v) is 4.56. The molecule has 7 nitrogen and oxygen atoms in total. The van der Waals surface area contributed by atoms with Crippen molar-refractivity contribution in [2.24, 2.45) is 0 Å². The first kappa shape index (κ1) is 18.9. The highest BCUT2D eigenvalue weighted by Gasteiger charge is 2.33. The Hall–Kier alpha value is -2.83. The van der Waals surface area contributed by atoms with Crippen LogP contribution in [0.15, 0.2) is 48.3 Å². The smallest absolute Gasteiger partial charge is 0.415 e. The van der Waals surface area contributed by atoms with E-state index in [0.29, 0.717) is 25.1 Å². The predicted octanol–water partition coefficient (Wildman–Crippen LogP) is 3.97. The number of carbonyl (C=O) groups excluding carboxylic acids is 1.